The molecule has 2 unspecified atom stereocenters. The Morgan fingerprint density at radius 1 is 1.50 bits per heavy atom. The van der Waals surface area contributed by atoms with Gasteiger partial charge in [0.25, 0.3) is 0 Å². The molecule has 2 atom stereocenters. The third-order valence-electron chi connectivity index (χ3n) is 2.38. The lowest BCUT2D eigenvalue weighted by molar-refractivity contribution is 0.165. The monoisotopic (exact) mass is 191 g/mol. The molecule has 0 saturated carbocycles. The summed E-state index contributed by atoms with van der Waals surface area (Å²) in [5.74, 6) is 0. The summed E-state index contributed by atoms with van der Waals surface area (Å²) in [7, 11) is 0. The average Bonchev–Trinajstić information content (AvgIpc) is 2.60. The summed E-state index contributed by atoms with van der Waals surface area (Å²) in [6.45, 7) is 1.69. The molecular formula is C10H13N3O. The first-order valence-corrected chi connectivity index (χ1v) is 4.54. The highest BCUT2D eigenvalue weighted by Crippen LogP contribution is 2.20. The fraction of sp³-hybridized carbons (Fsp3) is 0.300. The van der Waals surface area contributed by atoms with E-state index in [1.54, 1.807) is 19.3 Å². The molecule has 0 saturated heterocycles. The van der Waals surface area contributed by atoms with Crippen LogP contribution in [0.15, 0.2) is 30.9 Å². The molecule has 3 N–H and O–H groups in total. The molecule has 0 aliphatic rings. The van der Waals surface area contributed by atoms with Crippen LogP contribution in [-0.4, -0.2) is 20.6 Å². The molecule has 0 aliphatic heterocycles. The van der Waals surface area contributed by atoms with E-state index in [0.717, 1.165) is 11.1 Å². The Morgan fingerprint density at radius 2 is 2.29 bits per heavy atom. The molecule has 0 spiro atoms. The zero-order valence-electron chi connectivity index (χ0n) is 7.96. The zero-order valence-corrected chi connectivity index (χ0v) is 7.96. The van der Waals surface area contributed by atoms with Crippen molar-refractivity contribution >= 4 is 5.52 Å². The van der Waals surface area contributed by atoms with Gasteiger partial charge in [0, 0.05) is 18.6 Å². The van der Waals surface area contributed by atoms with Crippen LogP contribution in [0.1, 0.15) is 18.5 Å². The van der Waals surface area contributed by atoms with Crippen LogP contribution in [0.3, 0.4) is 0 Å². The molecule has 4 nitrogen and oxygen atoms in total. The molecule has 2 rings (SSSR count). The number of hydrogen-bond acceptors (Lipinski definition) is 3. The van der Waals surface area contributed by atoms with Crippen LogP contribution in [0.4, 0.5) is 0 Å². The first kappa shape index (κ1) is 9.18. The standard InChI is InChI=1S/C10H13N3O/c1-7(14)10(11)8-2-4-13-5-3-12-6-9(8)13/h2-7,10,14H,11H2,1H3. The van der Waals surface area contributed by atoms with E-state index < -0.39 is 6.10 Å². The van der Waals surface area contributed by atoms with Gasteiger partial charge in [0.2, 0.25) is 0 Å². The lowest BCUT2D eigenvalue weighted by Gasteiger charge is -2.13. The maximum atomic E-state index is 9.40. The number of nitrogens with two attached hydrogens (primary N) is 1. The van der Waals surface area contributed by atoms with Crippen LogP contribution in [0, 0.1) is 0 Å². The van der Waals surface area contributed by atoms with E-state index in [9.17, 15) is 5.11 Å². The van der Waals surface area contributed by atoms with Gasteiger partial charge >= 0.3 is 0 Å². The number of aliphatic hydroxyl groups is 1. The highest BCUT2D eigenvalue weighted by molar-refractivity contribution is 5.55. The van der Waals surface area contributed by atoms with E-state index in [4.69, 9.17) is 5.73 Å². The van der Waals surface area contributed by atoms with E-state index in [1.165, 1.54) is 0 Å². The smallest absolute Gasteiger partial charge is 0.0705 e. The summed E-state index contributed by atoms with van der Waals surface area (Å²) in [6.07, 6.45) is 6.67. The minimum absolute atomic E-state index is 0.357. The summed E-state index contributed by atoms with van der Waals surface area (Å²) in [5, 5.41) is 9.40. The number of aromatic nitrogens is 2. The van der Waals surface area contributed by atoms with Gasteiger partial charge < -0.3 is 15.2 Å². The maximum Gasteiger partial charge on any atom is 0.0705 e. The molecule has 2 heterocycles. The molecule has 2 aromatic heterocycles. The lowest BCUT2D eigenvalue weighted by atomic mass is 10.1. The van der Waals surface area contributed by atoms with Crippen molar-refractivity contribution in [2.45, 2.75) is 19.1 Å². The predicted molar refractivity (Wildman–Crippen MR) is 53.8 cm³/mol. The molecule has 0 aromatic carbocycles. The Kier molecular flexibility index (Phi) is 2.23. The molecule has 0 fully saturated rings. The van der Waals surface area contributed by atoms with Crippen molar-refractivity contribution in [1.82, 2.24) is 9.38 Å². The molecule has 14 heavy (non-hydrogen) atoms. The number of aliphatic hydroxyl groups excluding tert-OH is 1. The normalized spacial score (nSPS) is 15.6. The highest BCUT2D eigenvalue weighted by Gasteiger charge is 2.15. The Hall–Kier alpha value is -1.39. The van der Waals surface area contributed by atoms with Gasteiger partial charge in [0.05, 0.1) is 23.9 Å². The maximum absolute atomic E-state index is 9.40. The molecular weight excluding hydrogens is 178 g/mol. The zero-order chi connectivity index (χ0) is 10.1. The van der Waals surface area contributed by atoms with Gasteiger partial charge in [-0.25, -0.2) is 0 Å². The summed E-state index contributed by atoms with van der Waals surface area (Å²) in [6, 6.07) is 1.55. The van der Waals surface area contributed by atoms with E-state index in [-0.39, 0.29) is 6.04 Å². The highest BCUT2D eigenvalue weighted by atomic mass is 16.3. The minimum atomic E-state index is -0.554. The fourth-order valence-electron chi connectivity index (χ4n) is 1.51. The molecule has 0 radical (unpaired) electrons. The second kappa shape index (κ2) is 3.40. The van der Waals surface area contributed by atoms with Crippen LogP contribution in [0.5, 0.6) is 0 Å². The van der Waals surface area contributed by atoms with Gasteiger partial charge in [-0.2, -0.15) is 0 Å². The number of hydrogen-bond donors (Lipinski definition) is 2. The molecule has 0 bridgehead atoms. The van der Waals surface area contributed by atoms with Crippen molar-refractivity contribution in [3.8, 4) is 0 Å². The van der Waals surface area contributed by atoms with Gasteiger partial charge in [0.1, 0.15) is 0 Å². The first-order chi connectivity index (χ1) is 6.70. The Labute approximate surface area is 82.0 Å². The van der Waals surface area contributed by atoms with Crippen molar-refractivity contribution in [3.05, 3.63) is 36.4 Å². The van der Waals surface area contributed by atoms with Crippen LogP contribution < -0.4 is 5.73 Å². The Morgan fingerprint density at radius 3 is 3.00 bits per heavy atom. The van der Waals surface area contributed by atoms with Gasteiger partial charge in [-0.1, -0.05) is 0 Å². The minimum Gasteiger partial charge on any atom is -0.391 e. The van der Waals surface area contributed by atoms with Gasteiger partial charge in [-0.15, -0.1) is 0 Å². The van der Waals surface area contributed by atoms with E-state index in [2.05, 4.69) is 4.98 Å². The third kappa shape index (κ3) is 1.38. The van der Waals surface area contributed by atoms with E-state index >= 15 is 0 Å². The van der Waals surface area contributed by atoms with E-state index in [1.807, 2.05) is 22.9 Å². The SMILES string of the molecule is CC(O)C(N)c1ccn2ccncc12. The predicted octanol–water partition coefficient (Wildman–Crippen LogP) is 0.715. The Balaban J connectivity index is 2.53. The van der Waals surface area contributed by atoms with Gasteiger partial charge in [0.15, 0.2) is 0 Å². The number of fused-ring (bicyclic) bond motifs is 1. The van der Waals surface area contributed by atoms with Crippen LogP contribution in [0.2, 0.25) is 0 Å². The number of rotatable bonds is 2. The molecule has 4 heteroatoms. The van der Waals surface area contributed by atoms with Crippen LogP contribution in [-0.2, 0) is 0 Å². The second-order valence-electron chi connectivity index (χ2n) is 3.41. The summed E-state index contributed by atoms with van der Waals surface area (Å²) in [4.78, 5) is 4.03. The second-order valence-corrected chi connectivity index (χ2v) is 3.41. The average molecular weight is 191 g/mol. The molecule has 0 aliphatic carbocycles. The van der Waals surface area contributed by atoms with Crippen molar-refractivity contribution in [2.24, 2.45) is 5.73 Å². The quantitative estimate of drug-likeness (QED) is 0.735. The first-order valence-electron chi connectivity index (χ1n) is 4.54. The van der Waals surface area contributed by atoms with Crippen LogP contribution >= 0.6 is 0 Å². The summed E-state index contributed by atoms with van der Waals surface area (Å²) in [5.41, 5.74) is 7.73. The molecule has 0 amide bonds. The molecule has 74 valence electrons. The van der Waals surface area contributed by atoms with Crippen molar-refractivity contribution in [1.29, 1.82) is 0 Å². The van der Waals surface area contributed by atoms with Crippen molar-refractivity contribution < 1.29 is 5.11 Å². The van der Waals surface area contributed by atoms with Crippen molar-refractivity contribution in [3.63, 3.8) is 0 Å². The van der Waals surface area contributed by atoms with Gasteiger partial charge in [-0.3, -0.25) is 4.98 Å². The number of nitrogens with zero attached hydrogens (tertiary/aromatic N) is 2. The summed E-state index contributed by atoms with van der Waals surface area (Å²) < 4.78 is 1.94. The topological polar surface area (TPSA) is 63.5 Å². The van der Waals surface area contributed by atoms with E-state index in [0.29, 0.717) is 0 Å². The summed E-state index contributed by atoms with van der Waals surface area (Å²) >= 11 is 0. The fourth-order valence-corrected chi connectivity index (χ4v) is 1.51. The van der Waals surface area contributed by atoms with Gasteiger partial charge in [-0.05, 0) is 18.6 Å². The third-order valence-corrected chi connectivity index (χ3v) is 2.38. The van der Waals surface area contributed by atoms with Crippen LogP contribution in [0.25, 0.3) is 5.52 Å². The van der Waals surface area contributed by atoms with Crippen molar-refractivity contribution in [2.75, 3.05) is 0 Å². The lowest BCUT2D eigenvalue weighted by Crippen LogP contribution is -2.22. The molecule has 2 aromatic rings. The largest absolute Gasteiger partial charge is 0.391 e. The Bertz CT molecular complexity index is 436.